The highest BCUT2D eigenvalue weighted by molar-refractivity contribution is 8.18. The molecule has 2 N–H and O–H groups in total. The molecule has 1 saturated heterocycles. The molecule has 5 nitrogen and oxygen atoms in total. The Morgan fingerprint density at radius 2 is 1.75 bits per heavy atom. The van der Waals surface area contributed by atoms with Gasteiger partial charge in [0.2, 0.25) is 0 Å². The first-order valence-corrected chi connectivity index (χ1v) is 12.7. The van der Waals surface area contributed by atoms with Gasteiger partial charge in [-0.3, -0.25) is 9.69 Å². The zero-order chi connectivity index (χ0) is 26.1. The number of likely N-dealkylation sites (tertiary alicyclic amines) is 1. The largest absolute Gasteiger partial charge is 0.416 e. The minimum atomic E-state index is -4.89. The predicted octanol–water partition coefficient (Wildman–Crippen LogP) is 5.98. The smallest absolute Gasteiger partial charge is 0.391 e. The van der Waals surface area contributed by atoms with Gasteiger partial charge in [-0.25, -0.2) is 0 Å². The lowest BCUT2D eigenvalue weighted by atomic mass is 9.92. The van der Waals surface area contributed by atoms with Crippen LogP contribution in [0.5, 0.6) is 0 Å². The van der Waals surface area contributed by atoms with Crippen molar-refractivity contribution in [3.8, 4) is 0 Å². The van der Waals surface area contributed by atoms with Crippen LogP contribution >= 0.6 is 11.8 Å². The van der Waals surface area contributed by atoms with Gasteiger partial charge in [0.05, 0.1) is 28.2 Å². The number of allylic oxidation sites excluding steroid dienone is 1. The number of amides is 1. The molecule has 1 aromatic carbocycles. The summed E-state index contributed by atoms with van der Waals surface area (Å²) in [6.07, 6.45) is -3.62. The number of aliphatic hydroxyl groups excluding tert-OH is 1. The Kier molecular flexibility index (Phi) is 8.06. The number of alkyl halides is 6. The van der Waals surface area contributed by atoms with Crippen molar-refractivity contribution in [2.24, 2.45) is 10.9 Å². The van der Waals surface area contributed by atoms with Crippen LogP contribution in [0.15, 0.2) is 34.2 Å². The Morgan fingerprint density at radius 1 is 1.06 bits per heavy atom. The second kappa shape index (κ2) is 10.7. The number of amidine groups is 1. The Labute approximate surface area is 209 Å². The predicted molar refractivity (Wildman–Crippen MR) is 124 cm³/mol. The van der Waals surface area contributed by atoms with Crippen molar-refractivity contribution in [1.82, 2.24) is 10.2 Å². The Hall–Kier alpha value is -2.05. The third-order valence-electron chi connectivity index (χ3n) is 6.84. The average Bonchev–Trinajstić information content (AvgIpc) is 3.14. The fourth-order valence-electron chi connectivity index (χ4n) is 4.87. The SMILES string of the molecule is O=C1N=C(N[C@@H]2CCCC[C@H]2O)/C(=C/C2CCN(Cc3ccc(C(F)(F)F)cc3C(F)(F)F)CC2)S1. The van der Waals surface area contributed by atoms with Crippen molar-refractivity contribution in [3.05, 3.63) is 45.9 Å². The molecule has 2 aliphatic heterocycles. The zero-order valence-corrected chi connectivity index (χ0v) is 20.1. The Bertz CT molecular complexity index is 1030. The normalized spacial score (nSPS) is 25.9. The fourth-order valence-corrected chi connectivity index (χ4v) is 5.66. The van der Waals surface area contributed by atoms with E-state index in [-0.39, 0.29) is 35.4 Å². The Balaban J connectivity index is 1.39. The third kappa shape index (κ3) is 6.63. The molecular formula is C24H27F6N3O2S. The molecule has 12 heteroatoms. The van der Waals surface area contributed by atoms with Crippen molar-refractivity contribution in [2.75, 3.05) is 13.1 Å². The summed E-state index contributed by atoms with van der Waals surface area (Å²) in [7, 11) is 0. The summed E-state index contributed by atoms with van der Waals surface area (Å²) in [6.45, 7) is 0.830. The summed E-state index contributed by atoms with van der Waals surface area (Å²) < 4.78 is 79.2. The first kappa shape index (κ1) is 27.0. The van der Waals surface area contributed by atoms with Gasteiger partial charge in [-0.2, -0.15) is 31.3 Å². The molecule has 2 atom stereocenters. The lowest BCUT2D eigenvalue weighted by molar-refractivity contribution is -0.143. The fraction of sp³-hybridized carbons (Fsp3) is 0.583. The molecule has 0 unspecified atom stereocenters. The molecule has 1 aliphatic carbocycles. The van der Waals surface area contributed by atoms with Crippen molar-refractivity contribution in [1.29, 1.82) is 0 Å². The molecule has 4 rings (SSSR count). The minimum Gasteiger partial charge on any atom is -0.391 e. The van der Waals surface area contributed by atoms with E-state index in [1.807, 2.05) is 6.08 Å². The number of hydrogen-bond acceptors (Lipinski definition) is 5. The molecule has 0 bridgehead atoms. The molecule has 2 heterocycles. The highest BCUT2D eigenvalue weighted by atomic mass is 32.2. The molecule has 0 spiro atoms. The standard InChI is InChI=1S/C24H27F6N3O2S/c25-23(26,27)16-6-5-15(17(12-16)24(28,29)30)13-33-9-7-14(8-10-33)11-20-21(32-22(35)36-20)31-18-3-1-2-4-19(18)34/h5-6,11-12,14,18-19,34H,1-4,7-10,13H2,(H,31,32,35)/b20-11-/t18-,19-/m1/s1. The van der Waals surface area contributed by atoms with E-state index in [1.165, 1.54) is 0 Å². The second-order valence-corrected chi connectivity index (χ2v) is 10.4. The monoisotopic (exact) mass is 535 g/mol. The molecule has 1 saturated carbocycles. The van der Waals surface area contributed by atoms with Crippen LogP contribution in [0.3, 0.4) is 0 Å². The van der Waals surface area contributed by atoms with E-state index >= 15 is 0 Å². The van der Waals surface area contributed by atoms with Gasteiger partial charge in [0, 0.05) is 6.54 Å². The summed E-state index contributed by atoms with van der Waals surface area (Å²) >= 11 is 1.01. The van der Waals surface area contributed by atoms with E-state index in [4.69, 9.17) is 0 Å². The molecule has 2 fully saturated rings. The second-order valence-electron chi connectivity index (χ2n) is 9.44. The number of halogens is 6. The Morgan fingerprint density at radius 3 is 2.39 bits per heavy atom. The molecule has 0 radical (unpaired) electrons. The highest BCUT2D eigenvalue weighted by Crippen LogP contribution is 2.38. The number of carbonyl (C=O) groups excluding carboxylic acids is 1. The van der Waals surface area contributed by atoms with Crippen molar-refractivity contribution >= 4 is 22.8 Å². The number of benzene rings is 1. The van der Waals surface area contributed by atoms with Gasteiger partial charge in [0.15, 0.2) is 0 Å². The minimum absolute atomic E-state index is 0.0765. The number of aliphatic hydroxyl groups is 1. The molecule has 0 aromatic heterocycles. The van der Waals surface area contributed by atoms with Crippen LogP contribution in [0, 0.1) is 5.92 Å². The van der Waals surface area contributed by atoms with Gasteiger partial charge >= 0.3 is 17.6 Å². The maximum atomic E-state index is 13.5. The summed E-state index contributed by atoms with van der Waals surface area (Å²) in [5.74, 6) is 0.533. The number of hydrogen-bond donors (Lipinski definition) is 2. The lowest BCUT2D eigenvalue weighted by Gasteiger charge is -2.32. The zero-order valence-electron chi connectivity index (χ0n) is 19.3. The van der Waals surface area contributed by atoms with E-state index < -0.39 is 29.6 Å². The van der Waals surface area contributed by atoms with Gasteiger partial charge in [-0.15, -0.1) is 0 Å². The molecule has 198 valence electrons. The maximum Gasteiger partial charge on any atom is 0.416 e. The van der Waals surface area contributed by atoms with Gasteiger partial charge in [-0.1, -0.05) is 25.0 Å². The molecule has 3 aliphatic rings. The van der Waals surface area contributed by atoms with Crippen molar-refractivity contribution in [3.63, 3.8) is 0 Å². The number of nitrogens with zero attached hydrogens (tertiary/aromatic N) is 2. The summed E-state index contributed by atoms with van der Waals surface area (Å²) in [5, 5.41) is 13.1. The topological polar surface area (TPSA) is 64.9 Å². The number of carbonyl (C=O) groups is 1. The molecule has 36 heavy (non-hydrogen) atoms. The summed E-state index contributed by atoms with van der Waals surface area (Å²) in [5.41, 5.74) is -2.77. The van der Waals surface area contributed by atoms with Crippen molar-refractivity contribution in [2.45, 2.75) is 69.6 Å². The average molecular weight is 536 g/mol. The summed E-state index contributed by atoms with van der Waals surface area (Å²) in [6, 6.07) is 1.61. The molecular weight excluding hydrogens is 508 g/mol. The van der Waals surface area contributed by atoms with Gasteiger partial charge < -0.3 is 10.4 Å². The van der Waals surface area contributed by atoms with Crippen LogP contribution in [-0.4, -0.2) is 46.3 Å². The lowest BCUT2D eigenvalue weighted by Crippen LogP contribution is -2.45. The van der Waals surface area contributed by atoms with Crippen LogP contribution in [0.25, 0.3) is 0 Å². The number of thioether (sulfide) groups is 1. The van der Waals surface area contributed by atoms with E-state index in [9.17, 15) is 36.2 Å². The molecule has 1 aromatic rings. The van der Waals surface area contributed by atoms with Gasteiger partial charge in [-0.05, 0) is 74.1 Å². The van der Waals surface area contributed by atoms with Crippen LogP contribution in [0.4, 0.5) is 31.1 Å². The number of nitrogens with one attached hydrogen (secondary N) is 1. The first-order chi connectivity index (χ1) is 16.9. The quantitative estimate of drug-likeness (QED) is 0.465. The van der Waals surface area contributed by atoms with Crippen LogP contribution in [0.1, 0.15) is 55.2 Å². The molecule has 1 amide bonds. The number of rotatable bonds is 4. The van der Waals surface area contributed by atoms with Crippen molar-refractivity contribution < 1.29 is 36.2 Å². The van der Waals surface area contributed by atoms with E-state index in [0.29, 0.717) is 49.2 Å². The third-order valence-corrected chi connectivity index (χ3v) is 7.66. The van der Waals surface area contributed by atoms with Gasteiger partial charge in [0.1, 0.15) is 5.84 Å². The summed E-state index contributed by atoms with van der Waals surface area (Å²) in [4.78, 5) is 18.5. The van der Waals surface area contributed by atoms with Crippen LogP contribution in [-0.2, 0) is 18.9 Å². The van der Waals surface area contributed by atoms with Gasteiger partial charge in [0.25, 0.3) is 0 Å². The highest BCUT2D eigenvalue weighted by Gasteiger charge is 2.38. The van der Waals surface area contributed by atoms with E-state index in [2.05, 4.69) is 10.3 Å². The van der Waals surface area contributed by atoms with Crippen LogP contribution < -0.4 is 5.32 Å². The van der Waals surface area contributed by atoms with E-state index in [0.717, 1.165) is 37.1 Å². The number of piperidine rings is 1. The number of aliphatic imine (C=N–C) groups is 1. The first-order valence-electron chi connectivity index (χ1n) is 11.9. The van der Waals surface area contributed by atoms with Crippen LogP contribution in [0.2, 0.25) is 0 Å². The maximum absolute atomic E-state index is 13.5. The van der Waals surface area contributed by atoms with E-state index in [1.54, 1.807) is 4.90 Å².